The number of allylic oxidation sites excluding steroid dienone is 4. The Balaban J connectivity index is 2.37. The van der Waals surface area contributed by atoms with Crippen molar-refractivity contribution in [2.24, 2.45) is 0 Å². The van der Waals surface area contributed by atoms with Gasteiger partial charge in [0.25, 0.3) is 0 Å². The molecule has 0 aromatic carbocycles. The van der Waals surface area contributed by atoms with Gasteiger partial charge in [-0.1, -0.05) is 13.8 Å². The molecular formula is C18H20N6O. The number of hydrogen-bond acceptors (Lipinski definition) is 5. The van der Waals surface area contributed by atoms with Gasteiger partial charge in [-0.05, 0) is 37.8 Å². The summed E-state index contributed by atoms with van der Waals surface area (Å²) < 4.78 is 7.79. The third kappa shape index (κ3) is 4.36. The first-order valence-electron chi connectivity index (χ1n) is 7.98. The first-order valence-corrected chi connectivity index (χ1v) is 7.98. The second kappa shape index (κ2) is 8.51. The average Bonchev–Trinajstić information content (AvgIpc) is 3.25. The normalized spacial score (nSPS) is 11.9. The molecule has 0 unspecified atom stereocenters. The lowest BCUT2D eigenvalue weighted by atomic mass is 10.2. The van der Waals surface area contributed by atoms with Gasteiger partial charge in [-0.15, -0.1) is 6.42 Å². The van der Waals surface area contributed by atoms with Crippen molar-refractivity contribution in [3.63, 3.8) is 0 Å². The van der Waals surface area contributed by atoms with Crippen LogP contribution in [0.1, 0.15) is 38.0 Å². The molecule has 0 bridgehead atoms. The van der Waals surface area contributed by atoms with Crippen molar-refractivity contribution in [2.45, 2.75) is 40.2 Å². The third-order valence-electron chi connectivity index (χ3n) is 3.53. The lowest BCUT2D eigenvalue weighted by Gasteiger charge is -2.08. The van der Waals surface area contributed by atoms with Gasteiger partial charge in [-0.2, -0.15) is 15.5 Å². The van der Waals surface area contributed by atoms with Gasteiger partial charge >= 0.3 is 0 Å². The number of ether oxygens (including phenoxy) is 1. The van der Waals surface area contributed by atoms with Gasteiger partial charge in [0.05, 0.1) is 11.8 Å². The molecule has 0 fully saturated rings. The Hall–Kier alpha value is -3.32. The Morgan fingerprint density at radius 1 is 1.40 bits per heavy atom. The van der Waals surface area contributed by atoms with E-state index in [1.54, 1.807) is 19.1 Å². The minimum atomic E-state index is 0.332. The molecule has 2 aromatic rings. The third-order valence-corrected chi connectivity index (χ3v) is 3.53. The van der Waals surface area contributed by atoms with E-state index >= 15 is 0 Å². The molecule has 7 nitrogen and oxygen atoms in total. The summed E-state index contributed by atoms with van der Waals surface area (Å²) in [5, 5.41) is 20.1. The molecule has 7 heteroatoms. The Labute approximate surface area is 147 Å². The van der Waals surface area contributed by atoms with Crippen LogP contribution in [0.25, 0.3) is 0 Å². The van der Waals surface area contributed by atoms with Crippen LogP contribution in [0, 0.1) is 23.7 Å². The molecular weight excluding hydrogens is 316 g/mol. The molecule has 0 saturated heterocycles. The Morgan fingerprint density at radius 3 is 2.76 bits per heavy atom. The van der Waals surface area contributed by atoms with E-state index in [2.05, 4.69) is 26.2 Å². The second-order valence-electron chi connectivity index (χ2n) is 5.26. The predicted molar refractivity (Wildman–Crippen MR) is 93.4 cm³/mol. The topological polar surface area (TPSA) is 92.4 Å². The number of hydrogen-bond donors (Lipinski definition) is 1. The lowest BCUT2D eigenvalue weighted by Crippen LogP contribution is -2.08. The number of rotatable bonds is 7. The Bertz CT molecular complexity index is 859. The van der Waals surface area contributed by atoms with Crippen LogP contribution in [0.3, 0.4) is 0 Å². The molecule has 2 heterocycles. The van der Waals surface area contributed by atoms with Gasteiger partial charge < -0.3 is 4.74 Å². The predicted octanol–water partition coefficient (Wildman–Crippen LogP) is 2.54. The van der Waals surface area contributed by atoms with Gasteiger partial charge in [0.1, 0.15) is 24.4 Å². The molecule has 0 atom stereocenters. The molecule has 0 aliphatic rings. The highest BCUT2D eigenvalue weighted by Crippen LogP contribution is 2.27. The molecule has 25 heavy (non-hydrogen) atoms. The number of aromatic amines is 1. The molecule has 2 aromatic heterocycles. The molecule has 0 aliphatic carbocycles. The fraction of sp³-hybridized carbons (Fsp3) is 0.333. The summed E-state index contributed by atoms with van der Waals surface area (Å²) in [7, 11) is 0. The smallest absolute Gasteiger partial charge is 0.177 e. The largest absolute Gasteiger partial charge is 0.445 e. The van der Waals surface area contributed by atoms with Crippen LogP contribution in [0.2, 0.25) is 0 Å². The minimum absolute atomic E-state index is 0.332. The Kier molecular flexibility index (Phi) is 6.14. The number of aromatic nitrogens is 5. The number of nitrogens with zero attached hydrogens (tertiary/aromatic N) is 5. The maximum atomic E-state index is 8.83. The number of nitriles is 1. The van der Waals surface area contributed by atoms with Crippen molar-refractivity contribution in [3.05, 3.63) is 47.0 Å². The SMILES string of the molecule is C#C/C(=C\C=C(/C)C#N)Oc1c(CC)nn(Cc2ncn[nH]2)c1CC. The number of H-pyrrole nitrogens is 1. The highest BCUT2D eigenvalue weighted by atomic mass is 16.5. The molecule has 0 amide bonds. The van der Waals surface area contributed by atoms with E-state index in [1.807, 2.05) is 24.6 Å². The fourth-order valence-corrected chi connectivity index (χ4v) is 2.27. The quantitative estimate of drug-likeness (QED) is 0.363. The van der Waals surface area contributed by atoms with Crippen molar-refractivity contribution in [1.29, 1.82) is 5.26 Å². The molecule has 0 radical (unpaired) electrons. The van der Waals surface area contributed by atoms with Crippen molar-refractivity contribution in [2.75, 3.05) is 0 Å². The van der Waals surface area contributed by atoms with E-state index in [4.69, 9.17) is 16.4 Å². The zero-order chi connectivity index (χ0) is 18.2. The Morgan fingerprint density at radius 2 is 2.20 bits per heavy atom. The van der Waals surface area contributed by atoms with Gasteiger partial charge in [0, 0.05) is 5.57 Å². The van der Waals surface area contributed by atoms with E-state index in [9.17, 15) is 0 Å². The van der Waals surface area contributed by atoms with Crippen LogP contribution in [-0.2, 0) is 19.4 Å². The van der Waals surface area contributed by atoms with Crippen LogP contribution in [0.15, 0.2) is 29.8 Å². The molecule has 0 aliphatic heterocycles. The van der Waals surface area contributed by atoms with Crippen LogP contribution in [0.4, 0.5) is 0 Å². The summed E-state index contributed by atoms with van der Waals surface area (Å²) in [6.45, 7) is 6.21. The summed E-state index contributed by atoms with van der Waals surface area (Å²) in [5.41, 5.74) is 2.29. The molecule has 128 valence electrons. The number of nitrogens with one attached hydrogen (secondary N) is 1. The summed E-state index contributed by atoms with van der Waals surface area (Å²) in [6.07, 6.45) is 11.7. The van der Waals surface area contributed by atoms with Crippen LogP contribution in [0.5, 0.6) is 5.75 Å². The zero-order valence-corrected chi connectivity index (χ0v) is 14.6. The number of terminal acetylenes is 1. The summed E-state index contributed by atoms with van der Waals surface area (Å²) >= 11 is 0. The van der Waals surface area contributed by atoms with Crippen LogP contribution < -0.4 is 4.74 Å². The molecule has 0 saturated carbocycles. The zero-order valence-electron chi connectivity index (χ0n) is 14.6. The van der Waals surface area contributed by atoms with E-state index in [0.29, 0.717) is 35.9 Å². The highest BCUT2D eigenvalue weighted by molar-refractivity contribution is 5.39. The summed E-state index contributed by atoms with van der Waals surface area (Å²) in [4.78, 5) is 4.14. The second-order valence-corrected chi connectivity index (χ2v) is 5.26. The van der Waals surface area contributed by atoms with Gasteiger partial charge in [-0.3, -0.25) is 9.78 Å². The lowest BCUT2D eigenvalue weighted by molar-refractivity contribution is 0.438. The highest BCUT2D eigenvalue weighted by Gasteiger charge is 2.19. The maximum Gasteiger partial charge on any atom is 0.177 e. The van der Waals surface area contributed by atoms with E-state index < -0.39 is 0 Å². The molecule has 1 N–H and O–H groups in total. The van der Waals surface area contributed by atoms with Crippen LogP contribution in [-0.4, -0.2) is 25.0 Å². The minimum Gasteiger partial charge on any atom is -0.445 e. The van der Waals surface area contributed by atoms with Gasteiger partial charge in [0.2, 0.25) is 0 Å². The van der Waals surface area contributed by atoms with E-state index in [-0.39, 0.29) is 0 Å². The maximum absolute atomic E-state index is 8.83. The van der Waals surface area contributed by atoms with Crippen molar-refractivity contribution in [3.8, 4) is 24.2 Å². The molecule has 0 spiro atoms. The first-order chi connectivity index (χ1) is 12.1. The van der Waals surface area contributed by atoms with Gasteiger partial charge in [-0.25, -0.2) is 4.98 Å². The monoisotopic (exact) mass is 336 g/mol. The van der Waals surface area contributed by atoms with Crippen molar-refractivity contribution < 1.29 is 4.74 Å². The average molecular weight is 336 g/mol. The van der Waals surface area contributed by atoms with E-state index in [1.165, 1.54) is 6.33 Å². The van der Waals surface area contributed by atoms with Crippen LogP contribution >= 0.6 is 0 Å². The van der Waals surface area contributed by atoms with Crippen molar-refractivity contribution in [1.82, 2.24) is 25.0 Å². The molecule has 2 rings (SSSR count). The van der Waals surface area contributed by atoms with Crippen molar-refractivity contribution >= 4 is 0 Å². The van der Waals surface area contributed by atoms with Gasteiger partial charge in [0.15, 0.2) is 11.5 Å². The van der Waals surface area contributed by atoms with E-state index in [0.717, 1.165) is 17.8 Å². The standard InChI is InChI=1S/C18H20N6O/c1-5-14(9-8-13(4)10-19)25-18-15(6-2)23-24(16(18)7-3)11-17-20-12-21-22-17/h1,8-9,12H,6-7,11H2,2-4H3,(H,20,21,22)/b13-8+,14-9+. The summed E-state index contributed by atoms with van der Waals surface area (Å²) in [6, 6.07) is 2.04. The fourth-order valence-electron chi connectivity index (χ4n) is 2.27. The summed E-state index contributed by atoms with van der Waals surface area (Å²) in [5.74, 6) is 4.22. The first kappa shape index (κ1) is 18.0. The number of aryl methyl sites for hydroxylation is 1.